The van der Waals surface area contributed by atoms with Crippen molar-refractivity contribution in [2.24, 2.45) is 0 Å². The maximum atomic E-state index is 2.42. The fraction of sp³-hybridized carbons (Fsp3) is 0. The third-order valence-electron chi connectivity index (χ3n) is 28.1. The summed E-state index contributed by atoms with van der Waals surface area (Å²) in [7, 11) is 0. The molecule has 0 saturated heterocycles. The van der Waals surface area contributed by atoms with Gasteiger partial charge in [0.1, 0.15) is 0 Å². The maximum Gasteiger partial charge on any atom is 0.0640 e. The van der Waals surface area contributed by atoms with Gasteiger partial charge in [-0.3, -0.25) is 0 Å². The smallest absolute Gasteiger partial charge is 0.0640 e. The van der Waals surface area contributed by atoms with E-state index in [4.69, 9.17) is 0 Å². The van der Waals surface area contributed by atoms with Crippen molar-refractivity contribution < 1.29 is 0 Å². The summed E-state index contributed by atoms with van der Waals surface area (Å²) in [5, 5.41) is 25.6. The van der Waals surface area contributed by atoms with E-state index in [0.717, 1.165) is 39.8 Å². The fourth-order valence-electron chi connectivity index (χ4n) is 21.4. The van der Waals surface area contributed by atoms with Crippen LogP contribution in [0.4, 0.5) is 51.2 Å². The molecule has 0 fully saturated rings. The van der Waals surface area contributed by atoms with E-state index in [1.54, 1.807) is 0 Å². The second kappa shape index (κ2) is 36.7. The minimum absolute atomic E-state index is 1.13. The Kier molecular flexibility index (Phi) is 21.9. The zero-order valence-corrected chi connectivity index (χ0v) is 79.9. The highest BCUT2D eigenvalue weighted by molar-refractivity contribution is 7.27. The fourth-order valence-corrected chi connectivity index (χ4v) is 25.0. The van der Waals surface area contributed by atoms with E-state index in [1.807, 2.05) is 34.0 Å². The Morgan fingerprint density at radius 1 is 0.127 bits per heavy atom. The van der Waals surface area contributed by atoms with Crippen molar-refractivity contribution in [3.8, 4) is 66.8 Å². The van der Waals surface area contributed by atoms with Gasteiger partial charge in [0, 0.05) is 95.6 Å². The highest BCUT2D eigenvalue weighted by Crippen LogP contribution is 2.53. The summed E-state index contributed by atoms with van der Waals surface area (Å²) >= 11 is 5.63. The average Bonchev–Trinajstić information content (AvgIpc) is 1.57. The Morgan fingerprint density at radius 2 is 0.423 bits per heavy atom. The molecule has 0 radical (unpaired) electrons. The van der Waals surface area contributed by atoms with E-state index in [2.05, 4.69) is 555 Å². The molecule has 0 atom stereocenters. The Balaban J connectivity index is 0.000000109. The van der Waals surface area contributed by atoms with Gasteiger partial charge >= 0.3 is 0 Å². The van der Waals surface area contributed by atoms with Gasteiger partial charge in [0.2, 0.25) is 0 Å². The SMILES string of the molecule is c1ccc(N(c2ccc(-c3ccc4ccccc4c3)cc2)c2ccc3c(c2)sc2cccc(-c4cccc5ccccc45)c23)cc1.c1ccc(N(c2ccc(-c3ccc4ccccc4c3)cc2)c2cccc3c2sc2cccc(-c4cccc5ccc6ccccc6c45)c23)cc1.c1ccc(N(c2ccc(-c3ccc4ccccc4c3)cc2)c2cccc3sc4cccc(-c5cccc6ccccc56)c4c23)cc1. The minimum Gasteiger partial charge on any atom is -0.310 e. The summed E-state index contributed by atoms with van der Waals surface area (Å²) in [6, 6.07) is 196. The van der Waals surface area contributed by atoms with Crippen LogP contribution in [0.3, 0.4) is 0 Å². The van der Waals surface area contributed by atoms with E-state index in [0.29, 0.717) is 0 Å². The first-order valence-corrected chi connectivity index (χ1v) is 50.9. The Bertz CT molecular complexity index is 9680. The van der Waals surface area contributed by atoms with E-state index in [9.17, 15) is 0 Å². The number of nitrogens with zero attached hydrogens (tertiary/aromatic N) is 3. The largest absolute Gasteiger partial charge is 0.310 e. The number of anilines is 9. The second-order valence-electron chi connectivity index (χ2n) is 36.4. The first kappa shape index (κ1) is 84.9. The molecule has 3 aromatic heterocycles. The van der Waals surface area contributed by atoms with E-state index in [1.165, 1.54) is 214 Å². The molecule has 0 aliphatic carbocycles. The van der Waals surface area contributed by atoms with Gasteiger partial charge in [-0.15, -0.1) is 34.0 Å². The highest BCUT2D eigenvalue weighted by Gasteiger charge is 2.26. The first-order valence-electron chi connectivity index (χ1n) is 48.5. The zero-order chi connectivity index (χ0) is 93.9. The summed E-state index contributed by atoms with van der Waals surface area (Å²) in [6.45, 7) is 0. The topological polar surface area (TPSA) is 9.72 Å². The molecule has 0 N–H and O–H groups in total. The third kappa shape index (κ3) is 15.7. The molecular weight excluding hydrogens is 1770 g/mol. The molecule has 142 heavy (non-hydrogen) atoms. The molecule has 6 heteroatoms. The van der Waals surface area contributed by atoms with E-state index in [-0.39, 0.29) is 0 Å². The van der Waals surface area contributed by atoms with Crippen LogP contribution in [-0.4, -0.2) is 0 Å². The molecule has 0 unspecified atom stereocenters. The van der Waals surface area contributed by atoms with Crippen LogP contribution in [0, 0.1) is 0 Å². The number of hydrogen-bond acceptors (Lipinski definition) is 6. The predicted octanol–water partition coefficient (Wildman–Crippen LogP) is 40.6. The second-order valence-corrected chi connectivity index (χ2v) is 39.6. The Morgan fingerprint density at radius 3 is 0.930 bits per heavy atom. The van der Waals surface area contributed by atoms with Crippen LogP contribution < -0.4 is 14.7 Å². The lowest BCUT2D eigenvalue weighted by Crippen LogP contribution is -2.10. The van der Waals surface area contributed by atoms with Crippen LogP contribution in [0.25, 0.3) is 203 Å². The zero-order valence-electron chi connectivity index (χ0n) is 77.5. The standard InChI is InChI=1S/C48H31NS.2C44H29NS/c1-2-15-38(16-3-1)49(39-29-27-33(28-30-39)37-26-23-32-11-4-5-13-36(32)31-37)44-21-9-20-43-47-42(19-10-22-45(47)50-48(43)44)41-18-8-14-35-25-24-34-12-6-7-17-40(34)46(35)41;1-2-15-35(16-3-1)45(36-27-25-31(26-28-36)34-24-23-30-11-4-5-13-33(30)29-34)40-20-10-22-42-44(40)43-39(19-9-21-41(43)46-42)38-18-8-14-32-12-6-7-17-37(32)38;1-2-14-35(15-3-1)45(36-24-22-31(23-25-36)34-21-20-30-10-4-5-12-33(30)28-34)37-26-27-41-43(29-37)46-42-19-9-18-40(44(41)42)39-17-8-13-32-11-6-7-16-38(32)39/h1-31H;2*1-29H. The number of benzene rings is 25. The molecule has 0 amide bonds. The molecule has 0 saturated carbocycles. The van der Waals surface area contributed by atoms with Gasteiger partial charge in [-0.25, -0.2) is 0 Å². The lowest BCUT2D eigenvalue weighted by Gasteiger charge is -2.27. The van der Waals surface area contributed by atoms with Gasteiger partial charge < -0.3 is 14.7 Å². The minimum atomic E-state index is 1.13. The summed E-state index contributed by atoms with van der Waals surface area (Å²) in [5.74, 6) is 0. The van der Waals surface area contributed by atoms with Gasteiger partial charge in [0.05, 0.1) is 16.1 Å². The summed E-state index contributed by atoms with van der Waals surface area (Å²) in [6.07, 6.45) is 0. The molecule has 25 aromatic carbocycles. The van der Waals surface area contributed by atoms with Crippen LogP contribution in [0.1, 0.15) is 0 Å². The molecule has 0 aliphatic rings. The highest BCUT2D eigenvalue weighted by atomic mass is 32.1. The quantitative estimate of drug-likeness (QED) is 0.0947. The molecule has 3 nitrogen and oxygen atoms in total. The van der Waals surface area contributed by atoms with Crippen molar-refractivity contribution in [2.45, 2.75) is 0 Å². The van der Waals surface area contributed by atoms with Crippen molar-refractivity contribution >= 4 is 221 Å². The summed E-state index contributed by atoms with van der Waals surface area (Å²) in [5.41, 5.74) is 25.3. The van der Waals surface area contributed by atoms with Gasteiger partial charge in [0.15, 0.2) is 0 Å². The maximum absolute atomic E-state index is 2.42. The van der Waals surface area contributed by atoms with Crippen LogP contribution in [-0.2, 0) is 0 Å². The lowest BCUT2D eigenvalue weighted by atomic mass is 9.91. The number of fused-ring (bicyclic) bond motifs is 17. The molecule has 28 aromatic rings. The molecule has 28 rings (SSSR count). The molecule has 0 spiro atoms. The molecule has 3 heterocycles. The molecular formula is C136H89N3S3. The number of para-hydroxylation sites is 3. The molecule has 0 aliphatic heterocycles. The van der Waals surface area contributed by atoms with Crippen molar-refractivity contribution in [1.82, 2.24) is 0 Å². The van der Waals surface area contributed by atoms with Crippen molar-refractivity contribution in [1.29, 1.82) is 0 Å². The number of rotatable bonds is 15. The normalized spacial score (nSPS) is 11.5. The lowest BCUT2D eigenvalue weighted by molar-refractivity contribution is 1.29. The number of hydrogen-bond donors (Lipinski definition) is 0. The van der Waals surface area contributed by atoms with Crippen LogP contribution in [0.2, 0.25) is 0 Å². The van der Waals surface area contributed by atoms with Gasteiger partial charge in [-0.1, -0.05) is 400 Å². The Hall–Kier alpha value is -17.6. The van der Waals surface area contributed by atoms with Crippen LogP contribution in [0.15, 0.2) is 540 Å². The van der Waals surface area contributed by atoms with Crippen molar-refractivity contribution in [3.63, 3.8) is 0 Å². The van der Waals surface area contributed by atoms with Crippen molar-refractivity contribution in [3.05, 3.63) is 540 Å². The average molecular weight is 1860 g/mol. The van der Waals surface area contributed by atoms with Crippen LogP contribution in [0.5, 0.6) is 0 Å². The van der Waals surface area contributed by atoms with Crippen molar-refractivity contribution in [2.75, 3.05) is 14.7 Å². The summed E-state index contributed by atoms with van der Waals surface area (Å²) in [4.78, 5) is 7.19. The molecule has 0 bridgehead atoms. The van der Waals surface area contributed by atoms with E-state index >= 15 is 0 Å². The molecule has 666 valence electrons. The number of thiophene rings is 3. The van der Waals surface area contributed by atoms with Gasteiger partial charge in [-0.2, -0.15) is 0 Å². The van der Waals surface area contributed by atoms with Gasteiger partial charge in [0.25, 0.3) is 0 Å². The van der Waals surface area contributed by atoms with Gasteiger partial charge in [-0.05, 0) is 282 Å². The van der Waals surface area contributed by atoms with Crippen LogP contribution >= 0.6 is 34.0 Å². The Labute approximate surface area is 835 Å². The summed E-state index contributed by atoms with van der Waals surface area (Å²) < 4.78 is 7.75. The predicted molar refractivity (Wildman–Crippen MR) is 617 cm³/mol. The monoisotopic (exact) mass is 1860 g/mol. The first-order chi connectivity index (χ1) is 70.4. The third-order valence-corrected chi connectivity index (χ3v) is 31.5. The van der Waals surface area contributed by atoms with E-state index < -0.39 is 0 Å².